The second-order valence-electron chi connectivity index (χ2n) is 8.87. The molecule has 4 N–H and O–H groups in total. The van der Waals surface area contributed by atoms with Gasteiger partial charge in [-0.1, -0.05) is 36.8 Å². The van der Waals surface area contributed by atoms with Crippen LogP contribution in [-0.2, 0) is 4.79 Å². The molecule has 2 bridgehead atoms. The molecule has 5 rings (SSSR count). The number of anilines is 1. The molecular formula is C24H28N6O2. The minimum Gasteiger partial charge on any atom is -0.368 e. The van der Waals surface area contributed by atoms with E-state index >= 15 is 0 Å². The molecule has 0 aliphatic heterocycles. The van der Waals surface area contributed by atoms with E-state index in [1.165, 1.54) is 26.2 Å². The van der Waals surface area contributed by atoms with Crippen molar-refractivity contribution in [1.29, 1.82) is 0 Å². The summed E-state index contributed by atoms with van der Waals surface area (Å²) in [5.74, 6) is 2.42. The summed E-state index contributed by atoms with van der Waals surface area (Å²) in [6.45, 7) is 2.48. The Bertz CT molecular complexity index is 1140. The standard InChI is InChI=1S/C24H28N6O2/c1-14(31)25-9-10-26-22-18-13-20(24(32)28-19-12-15-7-8-17(19)11-15)27-23(18)30-21(29-22)16-5-3-2-4-6-16/h2-6,13,15,17,19H,7-12H2,1H3,(H,25,31)(H,28,32)(H2,26,27,29,30). The number of fused-ring (bicyclic) bond motifs is 3. The monoisotopic (exact) mass is 432 g/mol. The molecule has 0 radical (unpaired) electrons. The summed E-state index contributed by atoms with van der Waals surface area (Å²) in [6.07, 6.45) is 4.85. The van der Waals surface area contributed by atoms with Crippen molar-refractivity contribution < 1.29 is 9.59 Å². The van der Waals surface area contributed by atoms with Crippen LogP contribution in [0.2, 0.25) is 0 Å². The van der Waals surface area contributed by atoms with Gasteiger partial charge in [0.05, 0.1) is 5.39 Å². The zero-order valence-electron chi connectivity index (χ0n) is 18.1. The van der Waals surface area contributed by atoms with Crippen molar-refractivity contribution in [2.24, 2.45) is 11.8 Å². The summed E-state index contributed by atoms with van der Waals surface area (Å²) in [5, 5.41) is 10.0. The lowest BCUT2D eigenvalue weighted by molar-refractivity contribution is -0.118. The van der Waals surface area contributed by atoms with Crippen LogP contribution in [0.3, 0.4) is 0 Å². The van der Waals surface area contributed by atoms with E-state index in [1.807, 2.05) is 36.4 Å². The fourth-order valence-corrected chi connectivity index (χ4v) is 5.07. The van der Waals surface area contributed by atoms with Crippen LogP contribution in [0.4, 0.5) is 5.82 Å². The Hall–Kier alpha value is -3.42. The van der Waals surface area contributed by atoms with Crippen molar-refractivity contribution in [3.05, 3.63) is 42.1 Å². The summed E-state index contributed by atoms with van der Waals surface area (Å²) in [7, 11) is 0. The SMILES string of the molecule is CC(=O)NCCNc1nc(-c2ccccc2)nc2[nH]c(C(=O)NC3CC4CCC3C4)cc12. The number of nitrogens with one attached hydrogen (secondary N) is 4. The highest BCUT2D eigenvalue weighted by Crippen LogP contribution is 2.44. The van der Waals surface area contributed by atoms with E-state index in [4.69, 9.17) is 4.98 Å². The van der Waals surface area contributed by atoms with Crippen LogP contribution in [-0.4, -0.2) is 45.9 Å². The second-order valence-corrected chi connectivity index (χ2v) is 8.87. The maximum Gasteiger partial charge on any atom is 0.268 e. The minimum atomic E-state index is -0.0917. The van der Waals surface area contributed by atoms with Gasteiger partial charge in [0.2, 0.25) is 5.91 Å². The smallest absolute Gasteiger partial charge is 0.268 e. The molecular weight excluding hydrogens is 404 g/mol. The number of benzene rings is 1. The molecule has 3 atom stereocenters. The van der Waals surface area contributed by atoms with Gasteiger partial charge >= 0.3 is 0 Å². The van der Waals surface area contributed by atoms with Gasteiger partial charge in [-0.3, -0.25) is 9.59 Å². The number of hydrogen-bond donors (Lipinski definition) is 4. The molecule has 2 aromatic heterocycles. The van der Waals surface area contributed by atoms with Crippen molar-refractivity contribution in [2.75, 3.05) is 18.4 Å². The number of hydrogen-bond acceptors (Lipinski definition) is 5. The molecule has 1 aromatic carbocycles. The van der Waals surface area contributed by atoms with Crippen molar-refractivity contribution in [1.82, 2.24) is 25.6 Å². The molecule has 3 unspecified atom stereocenters. The predicted octanol–water partition coefficient (Wildman–Crippen LogP) is 3.09. The molecule has 0 spiro atoms. The number of H-pyrrole nitrogens is 1. The van der Waals surface area contributed by atoms with Gasteiger partial charge in [-0.2, -0.15) is 0 Å². The first-order valence-corrected chi connectivity index (χ1v) is 11.3. The van der Waals surface area contributed by atoms with Gasteiger partial charge in [0.1, 0.15) is 17.2 Å². The average molecular weight is 433 g/mol. The van der Waals surface area contributed by atoms with Crippen LogP contribution in [0.1, 0.15) is 43.1 Å². The molecule has 32 heavy (non-hydrogen) atoms. The summed E-state index contributed by atoms with van der Waals surface area (Å²) in [5.41, 5.74) is 1.99. The number of amides is 2. The summed E-state index contributed by atoms with van der Waals surface area (Å²) >= 11 is 0. The highest BCUT2D eigenvalue weighted by molar-refractivity contribution is 6.00. The predicted molar refractivity (Wildman–Crippen MR) is 123 cm³/mol. The van der Waals surface area contributed by atoms with Crippen LogP contribution < -0.4 is 16.0 Å². The number of aromatic nitrogens is 3. The Morgan fingerprint density at radius 3 is 2.66 bits per heavy atom. The minimum absolute atomic E-state index is 0.0779. The van der Waals surface area contributed by atoms with Crippen molar-refractivity contribution in [2.45, 2.75) is 38.6 Å². The van der Waals surface area contributed by atoms with Crippen LogP contribution in [0, 0.1) is 11.8 Å². The lowest BCUT2D eigenvalue weighted by atomic mass is 9.95. The van der Waals surface area contributed by atoms with Crippen LogP contribution in [0.15, 0.2) is 36.4 Å². The Morgan fingerprint density at radius 1 is 1.09 bits per heavy atom. The van der Waals surface area contributed by atoms with Crippen LogP contribution in [0.5, 0.6) is 0 Å². The number of nitrogens with zero attached hydrogens (tertiary/aromatic N) is 2. The van der Waals surface area contributed by atoms with E-state index in [1.54, 1.807) is 0 Å². The third kappa shape index (κ3) is 4.17. The summed E-state index contributed by atoms with van der Waals surface area (Å²) in [4.78, 5) is 36.7. The second kappa shape index (κ2) is 8.61. The first kappa shape index (κ1) is 20.5. The maximum atomic E-state index is 13.0. The average Bonchev–Trinajstić information content (AvgIpc) is 3.52. The highest BCUT2D eigenvalue weighted by Gasteiger charge is 2.40. The zero-order chi connectivity index (χ0) is 22.1. The molecule has 8 heteroatoms. The van der Waals surface area contributed by atoms with Crippen molar-refractivity contribution >= 4 is 28.7 Å². The quantitative estimate of drug-likeness (QED) is 0.429. The molecule has 2 amide bonds. The molecule has 166 valence electrons. The zero-order valence-corrected chi connectivity index (χ0v) is 18.1. The van der Waals surface area contributed by atoms with E-state index in [-0.39, 0.29) is 17.9 Å². The van der Waals surface area contributed by atoms with Gasteiger partial charge in [-0.25, -0.2) is 9.97 Å². The van der Waals surface area contributed by atoms with Gasteiger partial charge < -0.3 is 20.9 Å². The Morgan fingerprint density at radius 2 is 1.94 bits per heavy atom. The van der Waals surface area contributed by atoms with E-state index in [2.05, 4.69) is 25.9 Å². The van der Waals surface area contributed by atoms with Gasteiger partial charge in [0, 0.05) is 31.6 Å². The van der Waals surface area contributed by atoms with E-state index < -0.39 is 0 Å². The van der Waals surface area contributed by atoms with E-state index in [0.29, 0.717) is 42.0 Å². The fourth-order valence-electron chi connectivity index (χ4n) is 5.07. The molecule has 2 aliphatic rings. The lowest BCUT2D eigenvalue weighted by Gasteiger charge is -2.22. The van der Waals surface area contributed by atoms with Gasteiger partial charge in [-0.05, 0) is 37.2 Å². The molecule has 8 nitrogen and oxygen atoms in total. The number of rotatable bonds is 7. The summed E-state index contributed by atoms with van der Waals surface area (Å²) in [6, 6.07) is 11.8. The first-order chi connectivity index (χ1) is 15.6. The molecule has 2 aliphatic carbocycles. The van der Waals surface area contributed by atoms with Gasteiger partial charge in [0.15, 0.2) is 5.82 Å². The summed E-state index contributed by atoms with van der Waals surface area (Å²) < 4.78 is 0. The van der Waals surface area contributed by atoms with Crippen molar-refractivity contribution in [3.63, 3.8) is 0 Å². The number of carbonyl (C=O) groups excluding carboxylic acids is 2. The highest BCUT2D eigenvalue weighted by atomic mass is 16.2. The van der Waals surface area contributed by atoms with Crippen molar-refractivity contribution in [3.8, 4) is 11.4 Å². The molecule has 0 saturated heterocycles. The largest absolute Gasteiger partial charge is 0.368 e. The lowest BCUT2D eigenvalue weighted by Crippen LogP contribution is -2.38. The number of aromatic amines is 1. The van der Waals surface area contributed by atoms with Crippen LogP contribution in [0.25, 0.3) is 22.4 Å². The normalized spacial score (nSPS) is 21.6. The van der Waals surface area contributed by atoms with E-state index in [0.717, 1.165) is 23.3 Å². The molecule has 3 aromatic rings. The third-order valence-electron chi connectivity index (χ3n) is 6.61. The maximum absolute atomic E-state index is 13.0. The third-order valence-corrected chi connectivity index (χ3v) is 6.61. The topological polar surface area (TPSA) is 112 Å². The number of carbonyl (C=O) groups is 2. The molecule has 2 fully saturated rings. The molecule has 2 heterocycles. The van der Waals surface area contributed by atoms with Crippen LogP contribution >= 0.6 is 0 Å². The first-order valence-electron chi connectivity index (χ1n) is 11.3. The Kier molecular flexibility index (Phi) is 5.51. The van der Waals surface area contributed by atoms with Gasteiger partial charge in [0.25, 0.3) is 5.91 Å². The molecule has 2 saturated carbocycles. The van der Waals surface area contributed by atoms with Gasteiger partial charge in [-0.15, -0.1) is 0 Å². The Labute approximate surface area is 186 Å². The Balaban J connectivity index is 1.42. The fraction of sp³-hybridized carbons (Fsp3) is 0.417. The van der Waals surface area contributed by atoms with E-state index in [9.17, 15) is 9.59 Å².